The first-order valence-electron chi connectivity index (χ1n) is 5.66. The molecule has 0 aromatic carbocycles. The van der Waals surface area contributed by atoms with Crippen LogP contribution in [0.4, 0.5) is 0 Å². The van der Waals surface area contributed by atoms with Crippen LogP contribution < -0.4 is 5.32 Å². The van der Waals surface area contributed by atoms with Crippen LogP contribution in [0.1, 0.15) is 26.2 Å². The molecule has 1 heterocycles. The van der Waals surface area contributed by atoms with Crippen LogP contribution in [-0.2, 0) is 4.74 Å². The molecule has 3 heteroatoms. The van der Waals surface area contributed by atoms with Crippen molar-refractivity contribution < 1.29 is 4.74 Å². The lowest BCUT2D eigenvalue weighted by atomic mass is 10.0. The first-order chi connectivity index (χ1) is 6.74. The van der Waals surface area contributed by atoms with Crippen LogP contribution in [0.15, 0.2) is 0 Å². The van der Waals surface area contributed by atoms with Crippen LogP contribution in [0.25, 0.3) is 0 Å². The Morgan fingerprint density at radius 3 is 2.79 bits per heavy atom. The van der Waals surface area contributed by atoms with Crippen molar-refractivity contribution in [1.82, 2.24) is 10.2 Å². The summed E-state index contributed by atoms with van der Waals surface area (Å²) < 4.78 is 5.05. The molecule has 0 aromatic rings. The molecule has 0 aromatic heterocycles. The number of methoxy groups -OCH3 is 1. The first kappa shape index (κ1) is 12.0. The number of nitrogens with zero attached hydrogens (tertiary/aromatic N) is 1. The second-order valence-electron chi connectivity index (χ2n) is 4.37. The van der Waals surface area contributed by atoms with Crippen molar-refractivity contribution >= 4 is 0 Å². The summed E-state index contributed by atoms with van der Waals surface area (Å²) in [6, 6.07) is 1.43. The monoisotopic (exact) mass is 200 g/mol. The summed E-state index contributed by atoms with van der Waals surface area (Å²) in [6.07, 6.45) is 3.77. The molecule has 0 aliphatic carbocycles. The van der Waals surface area contributed by atoms with Gasteiger partial charge in [-0.15, -0.1) is 0 Å². The highest BCUT2D eigenvalue weighted by molar-refractivity contribution is 4.80. The third-order valence-corrected chi connectivity index (χ3v) is 3.12. The molecule has 0 saturated carbocycles. The molecule has 1 aliphatic heterocycles. The SMILES string of the molecule is COCCCN(C)C1CCC(C)NC1. The smallest absolute Gasteiger partial charge is 0.0474 e. The molecule has 2 unspecified atom stereocenters. The summed E-state index contributed by atoms with van der Waals surface area (Å²) in [5.74, 6) is 0. The highest BCUT2D eigenvalue weighted by atomic mass is 16.5. The second kappa shape index (κ2) is 6.38. The zero-order valence-corrected chi connectivity index (χ0v) is 9.75. The minimum atomic E-state index is 0.707. The summed E-state index contributed by atoms with van der Waals surface area (Å²) in [5.41, 5.74) is 0. The van der Waals surface area contributed by atoms with Gasteiger partial charge in [-0.05, 0) is 33.2 Å². The molecule has 3 nitrogen and oxygen atoms in total. The lowest BCUT2D eigenvalue weighted by Gasteiger charge is -2.34. The van der Waals surface area contributed by atoms with E-state index < -0.39 is 0 Å². The predicted molar refractivity (Wildman–Crippen MR) is 59.6 cm³/mol. The maximum absolute atomic E-state index is 5.05. The average Bonchev–Trinajstić information content (AvgIpc) is 2.19. The van der Waals surface area contributed by atoms with Crippen molar-refractivity contribution in [3.8, 4) is 0 Å². The zero-order valence-electron chi connectivity index (χ0n) is 9.75. The number of hydrogen-bond acceptors (Lipinski definition) is 3. The highest BCUT2D eigenvalue weighted by Crippen LogP contribution is 2.12. The van der Waals surface area contributed by atoms with Crippen LogP contribution in [0.5, 0.6) is 0 Å². The summed E-state index contributed by atoms with van der Waals surface area (Å²) >= 11 is 0. The number of hydrogen-bond donors (Lipinski definition) is 1. The van der Waals surface area contributed by atoms with E-state index in [1.54, 1.807) is 7.11 Å². The zero-order chi connectivity index (χ0) is 10.4. The van der Waals surface area contributed by atoms with Crippen LogP contribution >= 0.6 is 0 Å². The normalized spacial score (nSPS) is 28.3. The van der Waals surface area contributed by atoms with E-state index in [4.69, 9.17) is 4.74 Å². The van der Waals surface area contributed by atoms with Crippen molar-refractivity contribution in [2.24, 2.45) is 0 Å². The van der Waals surface area contributed by atoms with Gasteiger partial charge in [-0.2, -0.15) is 0 Å². The fourth-order valence-electron chi connectivity index (χ4n) is 2.00. The molecular weight excluding hydrogens is 176 g/mol. The molecule has 1 aliphatic rings. The number of likely N-dealkylation sites (N-methyl/N-ethyl adjacent to an activating group) is 1. The third kappa shape index (κ3) is 3.95. The minimum Gasteiger partial charge on any atom is -0.385 e. The molecule has 1 fully saturated rings. The molecule has 0 bridgehead atoms. The molecule has 0 amide bonds. The largest absolute Gasteiger partial charge is 0.385 e. The van der Waals surface area contributed by atoms with Gasteiger partial charge < -0.3 is 15.0 Å². The van der Waals surface area contributed by atoms with Crippen molar-refractivity contribution in [2.75, 3.05) is 33.9 Å². The average molecular weight is 200 g/mol. The lowest BCUT2D eigenvalue weighted by Crippen LogP contribution is -2.47. The fourth-order valence-corrected chi connectivity index (χ4v) is 2.00. The van der Waals surface area contributed by atoms with E-state index in [-0.39, 0.29) is 0 Å². The molecule has 1 rings (SSSR count). The van der Waals surface area contributed by atoms with E-state index in [2.05, 4.69) is 24.2 Å². The fraction of sp³-hybridized carbons (Fsp3) is 1.00. The van der Waals surface area contributed by atoms with Gasteiger partial charge in [0.25, 0.3) is 0 Å². The van der Waals surface area contributed by atoms with E-state index in [0.717, 1.165) is 32.2 Å². The molecule has 0 radical (unpaired) electrons. The molecular formula is C11H24N2O. The van der Waals surface area contributed by atoms with Crippen LogP contribution in [-0.4, -0.2) is 50.8 Å². The molecule has 1 saturated heterocycles. The van der Waals surface area contributed by atoms with E-state index in [1.165, 1.54) is 12.8 Å². The Morgan fingerprint density at radius 1 is 1.43 bits per heavy atom. The minimum absolute atomic E-state index is 0.707. The lowest BCUT2D eigenvalue weighted by molar-refractivity contribution is 0.149. The molecule has 2 atom stereocenters. The maximum Gasteiger partial charge on any atom is 0.0474 e. The molecule has 14 heavy (non-hydrogen) atoms. The first-order valence-corrected chi connectivity index (χ1v) is 5.66. The number of ether oxygens (including phenoxy) is 1. The van der Waals surface area contributed by atoms with Gasteiger partial charge in [0.1, 0.15) is 0 Å². The van der Waals surface area contributed by atoms with Gasteiger partial charge in [-0.25, -0.2) is 0 Å². The van der Waals surface area contributed by atoms with E-state index in [0.29, 0.717) is 6.04 Å². The van der Waals surface area contributed by atoms with Crippen molar-refractivity contribution in [3.63, 3.8) is 0 Å². The second-order valence-corrected chi connectivity index (χ2v) is 4.37. The standard InChI is InChI=1S/C11H24N2O/c1-10-5-6-11(9-12-10)13(2)7-4-8-14-3/h10-12H,4-9H2,1-3H3. The Labute approximate surface area is 87.8 Å². The predicted octanol–water partition coefficient (Wildman–Crippen LogP) is 1.10. The van der Waals surface area contributed by atoms with Crippen LogP contribution in [0, 0.1) is 0 Å². The van der Waals surface area contributed by atoms with Gasteiger partial charge in [0.15, 0.2) is 0 Å². The Kier molecular flexibility index (Phi) is 5.45. The van der Waals surface area contributed by atoms with E-state index >= 15 is 0 Å². The summed E-state index contributed by atoms with van der Waals surface area (Å²) in [5, 5.41) is 3.53. The van der Waals surface area contributed by atoms with Crippen LogP contribution in [0.2, 0.25) is 0 Å². The molecule has 1 N–H and O–H groups in total. The van der Waals surface area contributed by atoms with Gasteiger partial charge in [0.2, 0.25) is 0 Å². The maximum atomic E-state index is 5.05. The van der Waals surface area contributed by atoms with Crippen LogP contribution in [0.3, 0.4) is 0 Å². The van der Waals surface area contributed by atoms with Gasteiger partial charge in [0.05, 0.1) is 0 Å². The van der Waals surface area contributed by atoms with Crippen molar-refractivity contribution in [3.05, 3.63) is 0 Å². The molecule has 84 valence electrons. The van der Waals surface area contributed by atoms with Crippen molar-refractivity contribution in [2.45, 2.75) is 38.3 Å². The Morgan fingerprint density at radius 2 is 2.21 bits per heavy atom. The van der Waals surface area contributed by atoms with Gasteiger partial charge in [0, 0.05) is 38.9 Å². The Bertz CT molecular complexity index is 144. The van der Waals surface area contributed by atoms with Gasteiger partial charge in [-0.1, -0.05) is 0 Å². The topological polar surface area (TPSA) is 24.5 Å². The van der Waals surface area contributed by atoms with Crippen molar-refractivity contribution in [1.29, 1.82) is 0 Å². The summed E-state index contributed by atoms with van der Waals surface area (Å²) in [7, 11) is 3.99. The van der Waals surface area contributed by atoms with Gasteiger partial charge in [-0.3, -0.25) is 0 Å². The third-order valence-electron chi connectivity index (χ3n) is 3.12. The summed E-state index contributed by atoms with van der Waals surface area (Å²) in [4.78, 5) is 2.46. The Balaban J connectivity index is 2.13. The van der Waals surface area contributed by atoms with E-state index in [9.17, 15) is 0 Å². The van der Waals surface area contributed by atoms with Gasteiger partial charge >= 0.3 is 0 Å². The highest BCUT2D eigenvalue weighted by Gasteiger charge is 2.20. The number of piperidine rings is 1. The van der Waals surface area contributed by atoms with E-state index in [1.807, 2.05) is 0 Å². The number of rotatable bonds is 5. The quantitative estimate of drug-likeness (QED) is 0.673. The number of nitrogens with one attached hydrogen (secondary N) is 1. The molecule has 0 spiro atoms. The Hall–Kier alpha value is -0.120. The summed E-state index contributed by atoms with van der Waals surface area (Å²) in [6.45, 7) is 5.43.